The number of carbonyl (C=O) groups is 1. The van der Waals surface area contributed by atoms with E-state index in [1.807, 2.05) is 65.6 Å². The molecular weight excluding hydrogens is 368 g/mol. The third kappa shape index (κ3) is 4.11. The number of rotatable bonds is 5. The van der Waals surface area contributed by atoms with Crippen LogP contribution >= 0.6 is 11.6 Å². The molecule has 1 aliphatic heterocycles. The van der Waals surface area contributed by atoms with E-state index in [1.54, 1.807) is 0 Å². The highest BCUT2D eigenvalue weighted by Crippen LogP contribution is 2.35. The smallest absolute Gasteiger partial charge is 0.245 e. The fraction of sp³-hybridized carbons (Fsp3) is 0.208. The van der Waals surface area contributed by atoms with Gasteiger partial charge in [0.05, 0.1) is 17.9 Å². The second-order valence-corrected chi connectivity index (χ2v) is 7.48. The van der Waals surface area contributed by atoms with Crippen LogP contribution in [0.2, 0.25) is 5.02 Å². The number of anilines is 2. The van der Waals surface area contributed by atoms with Crippen molar-refractivity contribution in [3.63, 3.8) is 0 Å². The van der Waals surface area contributed by atoms with Crippen LogP contribution in [-0.4, -0.2) is 19.0 Å². The molecule has 0 bridgehead atoms. The summed E-state index contributed by atoms with van der Waals surface area (Å²) in [5, 5.41) is 4.04. The number of amides is 1. The first-order valence-corrected chi connectivity index (χ1v) is 10.0. The number of aryl methyl sites for hydroxylation is 2. The zero-order valence-electron chi connectivity index (χ0n) is 15.7. The molecule has 3 aromatic carbocycles. The molecule has 0 saturated carbocycles. The third-order valence-corrected chi connectivity index (χ3v) is 5.41. The highest BCUT2D eigenvalue weighted by molar-refractivity contribution is 6.30. The van der Waals surface area contributed by atoms with Gasteiger partial charge in [-0.1, -0.05) is 60.1 Å². The van der Waals surface area contributed by atoms with Gasteiger partial charge in [0.25, 0.3) is 0 Å². The molecule has 0 fully saturated rings. The Kier molecular flexibility index (Phi) is 5.75. The molecule has 0 aliphatic carbocycles. The molecule has 1 N–H and O–H groups in total. The summed E-state index contributed by atoms with van der Waals surface area (Å²) in [6, 6.07) is 24.3. The number of nitrogens with one attached hydrogen (secondary N) is 1. The lowest BCUT2D eigenvalue weighted by Crippen LogP contribution is -2.36. The van der Waals surface area contributed by atoms with Crippen LogP contribution in [0.4, 0.5) is 11.4 Å². The van der Waals surface area contributed by atoms with Gasteiger partial charge in [0.1, 0.15) is 0 Å². The second kappa shape index (κ2) is 8.59. The monoisotopic (exact) mass is 390 g/mol. The first kappa shape index (κ1) is 18.7. The summed E-state index contributed by atoms with van der Waals surface area (Å²) in [5.41, 5.74) is 5.63. The molecular formula is C24H23ClN2O. The molecule has 1 aliphatic rings. The fourth-order valence-corrected chi connectivity index (χ4v) is 3.83. The van der Waals surface area contributed by atoms with Crippen LogP contribution in [-0.2, 0) is 24.1 Å². The number of hydrogen-bond donors (Lipinski definition) is 1. The molecule has 3 aromatic rings. The normalized spacial score (nSPS) is 12.8. The molecule has 1 heterocycles. The number of fused-ring (bicyclic) bond motifs is 2. The van der Waals surface area contributed by atoms with E-state index in [-0.39, 0.29) is 5.91 Å². The van der Waals surface area contributed by atoms with Crippen molar-refractivity contribution in [1.82, 2.24) is 5.32 Å². The van der Waals surface area contributed by atoms with Gasteiger partial charge in [0.15, 0.2) is 0 Å². The van der Waals surface area contributed by atoms with Crippen LogP contribution in [0.1, 0.15) is 16.7 Å². The Morgan fingerprint density at radius 2 is 1.43 bits per heavy atom. The summed E-state index contributed by atoms with van der Waals surface area (Å²) in [6.45, 7) is 1.04. The van der Waals surface area contributed by atoms with E-state index in [0.29, 0.717) is 6.54 Å². The summed E-state index contributed by atoms with van der Waals surface area (Å²) in [6.07, 6.45) is 2.75. The van der Waals surface area contributed by atoms with Crippen LogP contribution in [0.15, 0.2) is 72.8 Å². The van der Waals surface area contributed by atoms with E-state index in [1.165, 1.54) is 16.7 Å². The van der Waals surface area contributed by atoms with Crippen molar-refractivity contribution in [2.75, 3.05) is 18.0 Å². The maximum atomic E-state index is 13.2. The van der Waals surface area contributed by atoms with Crippen molar-refractivity contribution >= 4 is 28.9 Å². The number of halogens is 1. The largest absolute Gasteiger partial charge is 0.308 e. The maximum Gasteiger partial charge on any atom is 0.245 e. The Bertz CT molecular complexity index is 921. The molecule has 4 heteroatoms. The van der Waals surface area contributed by atoms with Gasteiger partial charge in [-0.05, 0) is 66.8 Å². The van der Waals surface area contributed by atoms with Gasteiger partial charge in [-0.3, -0.25) is 9.69 Å². The van der Waals surface area contributed by atoms with Crippen molar-refractivity contribution in [2.45, 2.75) is 19.3 Å². The lowest BCUT2D eigenvalue weighted by molar-refractivity contribution is -0.117. The summed E-state index contributed by atoms with van der Waals surface area (Å²) < 4.78 is 0. The Balaban J connectivity index is 1.48. The first-order chi connectivity index (χ1) is 13.7. The molecule has 0 radical (unpaired) electrons. The summed E-state index contributed by atoms with van der Waals surface area (Å²) in [4.78, 5) is 15.1. The van der Waals surface area contributed by atoms with E-state index >= 15 is 0 Å². The molecule has 1 amide bonds. The number of benzene rings is 3. The minimum atomic E-state index is 0.0675. The average Bonchev–Trinajstić information content (AvgIpc) is 2.89. The second-order valence-electron chi connectivity index (χ2n) is 7.04. The quantitative estimate of drug-likeness (QED) is 0.626. The van der Waals surface area contributed by atoms with Crippen molar-refractivity contribution in [3.8, 4) is 0 Å². The van der Waals surface area contributed by atoms with Gasteiger partial charge < -0.3 is 5.32 Å². The van der Waals surface area contributed by atoms with Crippen LogP contribution < -0.4 is 10.2 Å². The first-order valence-electron chi connectivity index (χ1n) is 9.66. The van der Waals surface area contributed by atoms with Crippen LogP contribution in [0.3, 0.4) is 0 Å². The topological polar surface area (TPSA) is 32.3 Å². The Morgan fingerprint density at radius 1 is 0.857 bits per heavy atom. The minimum Gasteiger partial charge on any atom is -0.308 e. The lowest BCUT2D eigenvalue weighted by atomic mass is 10.0. The molecule has 0 unspecified atom stereocenters. The summed E-state index contributed by atoms with van der Waals surface area (Å²) in [7, 11) is 0. The van der Waals surface area contributed by atoms with Gasteiger partial charge in [-0.2, -0.15) is 0 Å². The molecule has 142 valence electrons. The number of hydrogen-bond acceptors (Lipinski definition) is 2. The molecule has 4 rings (SSSR count). The zero-order chi connectivity index (χ0) is 19.3. The fourth-order valence-electron chi connectivity index (χ4n) is 3.71. The Labute approximate surface area is 171 Å². The molecule has 0 atom stereocenters. The van der Waals surface area contributed by atoms with Crippen molar-refractivity contribution in [3.05, 3.63) is 94.5 Å². The molecule has 0 aromatic heterocycles. The Hall–Kier alpha value is -2.62. The standard InChI is InChI=1S/C24H23ClN2O/c25-21-13-9-18(10-14-21)15-16-26-17-24(28)27-22-7-3-1-5-19(22)11-12-20-6-2-4-8-23(20)27/h1-10,13-14,26H,11-12,15-17H2. The van der Waals surface area contributed by atoms with Gasteiger partial charge in [0.2, 0.25) is 5.91 Å². The molecule has 3 nitrogen and oxygen atoms in total. The average molecular weight is 391 g/mol. The molecule has 0 saturated heterocycles. The van der Waals surface area contributed by atoms with E-state index in [9.17, 15) is 4.79 Å². The predicted molar refractivity (Wildman–Crippen MR) is 115 cm³/mol. The SMILES string of the molecule is O=C(CNCCc1ccc(Cl)cc1)N1c2ccccc2CCc2ccccc21. The van der Waals surface area contributed by atoms with Gasteiger partial charge in [-0.15, -0.1) is 0 Å². The van der Waals surface area contributed by atoms with Gasteiger partial charge in [0, 0.05) is 5.02 Å². The molecule has 0 spiro atoms. The highest BCUT2D eigenvalue weighted by Gasteiger charge is 2.24. The highest BCUT2D eigenvalue weighted by atomic mass is 35.5. The lowest BCUT2D eigenvalue weighted by Gasteiger charge is -2.25. The zero-order valence-corrected chi connectivity index (χ0v) is 16.5. The van der Waals surface area contributed by atoms with Crippen molar-refractivity contribution in [1.29, 1.82) is 0 Å². The van der Waals surface area contributed by atoms with E-state index in [4.69, 9.17) is 11.6 Å². The summed E-state index contributed by atoms with van der Waals surface area (Å²) >= 11 is 5.93. The van der Waals surface area contributed by atoms with E-state index < -0.39 is 0 Å². The molecule has 28 heavy (non-hydrogen) atoms. The summed E-state index contributed by atoms with van der Waals surface area (Å²) in [5.74, 6) is 0.0675. The maximum absolute atomic E-state index is 13.2. The van der Waals surface area contributed by atoms with Crippen molar-refractivity contribution in [2.24, 2.45) is 0 Å². The van der Waals surface area contributed by atoms with Crippen LogP contribution in [0.5, 0.6) is 0 Å². The van der Waals surface area contributed by atoms with Crippen LogP contribution in [0, 0.1) is 0 Å². The minimum absolute atomic E-state index is 0.0675. The van der Waals surface area contributed by atoms with Gasteiger partial charge in [-0.25, -0.2) is 0 Å². The number of para-hydroxylation sites is 2. The van der Waals surface area contributed by atoms with Crippen molar-refractivity contribution < 1.29 is 4.79 Å². The van der Waals surface area contributed by atoms with Crippen LogP contribution in [0.25, 0.3) is 0 Å². The number of carbonyl (C=O) groups excluding carboxylic acids is 1. The third-order valence-electron chi connectivity index (χ3n) is 5.16. The van der Waals surface area contributed by atoms with Gasteiger partial charge >= 0.3 is 0 Å². The predicted octanol–water partition coefficient (Wildman–Crippen LogP) is 4.94. The number of nitrogens with zero attached hydrogens (tertiary/aromatic N) is 1. The van der Waals surface area contributed by atoms with E-state index in [0.717, 1.165) is 42.2 Å². The van der Waals surface area contributed by atoms with E-state index in [2.05, 4.69) is 17.4 Å². The Morgan fingerprint density at radius 3 is 2.04 bits per heavy atom.